The van der Waals surface area contributed by atoms with Crippen molar-refractivity contribution in [2.24, 2.45) is 0 Å². The summed E-state index contributed by atoms with van der Waals surface area (Å²) in [5.41, 5.74) is 0.396. The Hall–Kier alpha value is -1.75. The Kier molecular flexibility index (Phi) is 4.63. The average molecular weight is 262 g/mol. The van der Waals surface area contributed by atoms with Crippen molar-refractivity contribution in [3.8, 4) is 0 Å². The van der Waals surface area contributed by atoms with Gasteiger partial charge in [0.05, 0.1) is 0 Å². The summed E-state index contributed by atoms with van der Waals surface area (Å²) in [6.07, 6.45) is 6.28. The van der Waals surface area contributed by atoms with Crippen LogP contribution in [0.4, 0.5) is 4.39 Å². The number of aryl methyl sites for hydroxylation is 1. The van der Waals surface area contributed by atoms with Crippen LogP contribution in [0.1, 0.15) is 37.8 Å². The first-order valence-corrected chi connectivity index (χ1v) is 6.62. The van der Waals surface area contributed by atoms with E-state index in [0.29, 0.717) is 5.69 Å². The van der Waals surface area contributed by atoms with E-state index in [-0.39, 0.29) is 11.9 Å². The van der Waals surface area contributed by atoms with Crippen LogP contribution < -0.4 is 5.32 Å². The second-order valence-corrected chi connectivity index (χ2v) is 4.34. The first kappa shape index (κ1) is 13.7. The highest BCUT2D eigenvalue weighted by atomic mass is 19.1. The van der Waals surface area contributed by atoms with Gasteiger partial charge in [0.2, 0.25) is 0 Å². The predicted molar refractivity (Wildman–Crippen MR) is 72.2 cm³/mol. The van der Waals surface area contributed by atoms with Crippen LogP contribution in [0.25, 0.3) is 0 Å². The minimum absolute atomic E-state index is 0.306. The number of pyridine rings is 1. The monoisotopic (exact) mass is 262 g/mol. The van der Waals surface area contributed by atoms with Crippen molar-refractivity contribution in [1.29, 1.82) is 0 Å². The molecule has 0 aliphatic carbocycles. The lowest BCUT2D eigenvalue weighted by molar-refractivity contribution is 0.502. The lowest BCUT2D eigenvalue weighted by Gasteiger charge is -2.18. The normalized spacial score (nSPS) is 12.6. The zero-order valence-corrected chi connectivity index (χ0v) is 11.3. The summed E-state index contributed by atoms with van der Waals surface area (Å²) in [5.74, 6) is 0.501. The lowest BCUT2D eigenvalue weighted by Crippen LogP contribution is -2.27. The molecule has 0 fully saturated rings. The van der Waals surface area contributed by atoms with E-state index in [9.17, 15) is 4.39 Å². The van der Waals surface area contributed by atoms with E-state index in [4.69, 9.17) is 0 Å². The van der Waals surface area contributed by atoms with E-state index >= 15 is 0 Å². The molecule has 2 aromatic rings. The third-order valence-electron chi connectivity index (χ3n) is 2.94. The smallest absolute Gasteiger partial charge is 0.146 e. The van der Waals surface area contributed by atoms with Gasteiger partial charge in [-0.05, 0) is 25.1 Å². The van der Waals surface area contributed by atoms with Gasteiger partial charge in [0.25, 0.3) is 0 Å². The molecule has 0 saturated carbocycles. The minimum Gasteiger partial charge on any atom is -0.333 e. The lowest BCUT2D eigenvalue weighted by atomic mass is 10.1. The molecule has 0 bridgehead atoms. The van der Waals surface area contributed by atoms with Crippen LogP contribution in [0.15, 0.2) is 30.7 Å². The molecular weight excluding hydrogens is 243 g/mol. The van der Waals surface area contributed by atoms with E-state index < -0.39 is 0 Å². The zero-order chi connectivity index (χ0) is 13.7. The van der Waals surface area contributed by atoms with Crippen LogP contribution in [0.2, 0.25) is 0 Å². The molecular formula is C14H19FN4. The van der Waals surface area contributed by atoms with Crippen LogP contribution in [0.3, 0.4) is 0 Å². The highest BCUT2D eigenvalue weighted by Crippen LogP contribution is 2.21. The Morgan fingerprint density at radius 2 is 2.16 bits per heavy atom. The van der Waals surface area contributed by atoms with E-state index in [2.05, 4.69) is 22.2 Å². The maximum atomic E-state index is 13.9. The molecule has 1 atom stereocenters. The van der Waals surface area contributed by atoms with Gasteiger partial charge in [-0.2, -0.15) is 0 Å². The number of nitrogens with one attached hydrogen (secondary N) is 1. The van der Waals surface area contributed by atoms with Gasteiger partial charge in [0.15, 0.2) is 0 Å². The van der Waals surface area contributed by atoms with Crippen molar-refractivity contribution in [1.82, 2.24) is 19.9 Å². The molecule has 0 spiro atoms. The predicted octanol–water partition coefficient (Wildman–Crippen LogP) is 2.53. The number of hydrogen-bond acceptors (Lipinski definition) is 3. The molecule has 0 saturated heterocycles. The third-order valence-corrected chi connectivity index (χ3v) is 2.94. The van der Waals surface area contributed by atoms with Gasteiger partial charge in [-0.25, -0.2) is 9.37 Å². The van der Waals surface area contributed by atoms with Crippen molar-refractivity contribution in [3.05, 3.63) is 48.1 Å². The molecule has 2 aromatic heterocycles. The molecule has 1 N–H and O–H groups in total. The Morgan fingerprint density at radius 3 is 2.84 bits per heavy atom. The summed E-state index contributed by atoms with van der Waals surface area (Å²) < 4.78 is 16.0. The van der Waals surface area contributed by atoms with Gasteiger partial charge in [-0.1, -0.05) is 13.8 Å². The maximum absolute atomic E-state index is 13.9. The Balaban J connectivity index is 2.40. The zero-order valence-electron chi connectivity index (χ0n) is 11.3. The Labute approximate surface area is 112 Å². The molecule has 5 heteroatoms. The standard InChI is InChI=1S/C14H19FN4/c1-3-9-19-10-8-18-14(19)13(16-4-2)12-11(15)6-5-7-17-12/h5-8,10,13,16H,3-4,9H2,1-2H3. The summed E-state index contributed by atoms with van der Waals surface area (Å²) in [4.78, 5) is 8.53. The quantitative estimate of drug-likeness (QED) is 0.870. The van der Waals surface area contributed by atoms with Crippen molar-refractivity contribution < 1.29 is 4.39 Å². The van der Waals surface area contributed by atoms with Gasteiger partial charge in [-0.15, -0.1) is 0 Å². The number of halogens is 1. The van der Waals surface area contributed by atoms with Gasteiger partial charge >= 0.3 is 0 Å². The molecule has 0 aromatic carbocycles. The van der Waals surface area contributed by atoms with E-state index in [0.717, 1.165) is 25.3 Å². The van der Waals surface area contributed by atoms with Crippen molar-refractivity contribution in [2.45, 2.75) is 32.9 Å². The summed E-state index contributed by atoms with van der Waals surface area (Å²) >= 11 is 0. The third kappa shape index (κ3) is 2.98. The molecule has 0 aliphatic rings. The molecule has 0 radical (unpaired) electrons. The molecule has 19 heavy (non-hydrogen) atoms. The van der Waals surface area contributed by atoms with Crippen LogP contribution in [0, 0.1) is 5.82 Å². The molecule has 2 heterocycles. The van der Waals surface area contributed by atoms with Crippen molar-refractivity contribution in [3.63, 3.8) is 0 Å². The molecule has 4 nitrogen and oxygen atoms in total. The summed E-state index contributed by atoms with van der Waals surface area (Å²) in [6, 6.07) is 2.72. The number of rotatable bonds is 6. The Morgan fingerprint density at radius 1 is 1.32 bits per heavy atom. The maximum Gasteiger partial charge on any atom is 0.146 e. The van der Waals surface area contributed by atoms with E-state index in [1.54, 1.807) is 18.5 Å². The summed E-state index contributed by atoms with van der Waals surface area (Å²) in [7, 11) is 0. The molecule has 0 aliphatic heterocycles. The Bertz CT molecular complexity index is 524. The fraction of sp³-hybridized carbons (Fsp3) is 0.429. The first-order valence-electron chi connectivity index (χ1n) is 6.62. The van der Waals surface area contributed by atoms with Crippen molar-refractivity contribution >= 4 is 0 Å². The van der Waals surface area contributed by atoms with E-state index in [1.165, 1.54) is 6.07 Å². The van der Waals surface area contributed by atoms with Gasteiger partial charge in [0, 0.05) is 25.1 Å². The van der Waals surface area contributed by atoms with E-state index in [1.807, 2.05) is 17.7 Å². The second kappa shape index (κ2) is 6.43. The van der Waals surface area contributed by atoms with Crippen LogP contribution >= 0.6 is 0 Å². The molecule has 1 unspecified atom stereocenters. The fourth-order valence-corrected chi connectivity index (χ4v) is 2.14. The van der Waals surface area contributed by atoms with Crippen LogP contribution in [-0.2, 0) is 6.54 Å². The van der Waals surface area contributed by atoms with Gasteiger partial charge in [-0.3, -0.25) is 4.98 Å². The largest absolute Gasteiger partial charge is 0.333 e. The SMILES string of the molecule is CCCn1ccnc1C(NCC)c1ncccc1F. The first-order chi connectivity index (χ1) is 9.27. The second-order valence-electron chi connectivity index (χ2n) is 4.34. The van der Waals surface area contributed by atoms with Crippen molar-refractivity contribution in [2.75, 3.05) is 6.54 Å². The average Bonchev–Trinajstić information content (AvgIpc) is 2.86. The molecule has 0 amide bonds. The summed E-state index contributed by atoms with van der Waals surface area (Å²) in [5, 5.41) is 3.26. The fourth-order valence-electron chi connectivity index (χ4n) is 2.14. The number of aromatic nitrogens is 3. The number of imidazole rings is 1. The highest BCUT2D eigenvalue weighted by molar-refractivity contribution is 5.20. The number of hydrogen-bond donors (Lipinski definition) is 1. The minimum atomic E-state index is -0.312. The van der Waals surface area contributed by atoms with Gasteiger partial charge in [0.1, 0.15) is 23.4 Å². The number of nitrogens with zero attached hydrogens (tertiary/aromatic N) is 3. The summed E-state index contributed by atoms with van der Waals surface area (Å²) in [6.45, 7) is 5.68. The highest BCUT2D eigenvalue weighted by Gasteiger charge is 2.22. The molecule has 2 rings (SSSR count). The van der Waals surface area contributed by atoms with Gasteiger partial charge < -0.3 is 9.88 Å². The molecule has 102 valence electrons. The topological polar surface area (TPSA) is 42.7 Å². The van der Waals surface area contributed by atoms with Crippen LogP contribution in [-0.4, -0.2) is 21.1 Å². The van der Waals surface area contributed by atoms with Crippen LogP contribution in [0.5, 0.6) is 0 Å².